The van der Waals surface area contributed by atoms with Gasteiger partial charge in [-0.2, -0.15) is 5.10 Å². The molecule has 0 spiro atoms. The Morgan fingerprint density at radius 3 is 2.52 bits per heavy atom. The lowest BCUT2D eigenvalue weighted by molar-refractivity contribution is -0.117. The van der Waals surface area contributed by atoms with E-state index in [2.05, 4.69) is 15.3 Å². The summed E-state index contributed by atoms with van der Waals surface area (Å²) in [5.74, 6) is -0.332. The number of carbonyl (C=O) groups excluding carboxylic acids is 1. The molecule has 3 aromatic rings. The van der Waals surface area contributed by atoms with Gasteiger partial charge in [0.15, 0.2) is 0 Å². The van der Waals surface area contributed by atoms with Crippen LogP contribution >= 0.6 is 0 Å². The quantitative estimate of drug-likeness (QED) is 0.655. The Labute approximate surface area is 170 Å². The van der Waals surface area contributed by atoms with Crippen LogP contribution in [0.4, 0.5) is 10.1 Å². The van der Waals surface area contributed by atoms with Crippen molar-refractivity contribution in [3.63, 3.8) is 0 Å². The van der Waals surface area contributed by atoms with Gasteiger partial charge in [0.25, 0.3) is 0 Å². The van der Waals surface area contributed by atoms with Crippen molar-refractivity contribution >= 4 is 11.6 Å². The molecule has 0 atom stereocenters. The van der Waals surface area contributed by atoms with E-state index in [0.29, 0.717) is 18.2 Å². The van der Waals surface area contributed by atoms with Crippen molar-refractivity contribution in [1.82, 2.24) is 14.7 Å². The van der Waals surface area contributed by atoms with E-state index in [-0.39, 0.29) is 18.3 Å². The first-order valence-corrected chi connectivity index (χ1v) is 9.92. The summed E-state index contributed by atoms with van der Waals surface area (Å²) in [7, 11) is 0. The Morgan fingerprint density at radius 2 is 1.83 bits per heavy atom. The average molecular weight is 392 g/mol. The summed E-state index contributed by atoms with van der Waals surface area (Å²) in [6, 6.07) is 16.9. The number of hydrogen-bond acceptors (Lipinski definition) is 3. The summed E-state index contributed by atoms with van der Waals surface area (Å²) in [4.78, 5) is 14.9. The highest BCUT2D eigenvalue weighted by Crippen LogP contribution is 2.29. The van der Waals surface area contributed by atoms with Crippen LogP contribution in [0.25, 0.3) is 5.69 Å². The van der Waals surface area contributed by atoms with Crippen LogP contribution in [0, 0.1) is 19.7 Å². The predicted molar refractivity (Wildman–Crippen MR) is 111 cm³/mol. The number of hydrogen-bond donors (Lipinski definition) is 1. The molecular formula is C23H25FN4O. The fraction of sp³-hybridized carbons (Fsp3) is 0.304. The average Bonchev–Trinajstić information content (AvgIpc) is 3.53. The molecule has 1 aliphatic rings. The van der Waals surface area contributed by atoms with E-state index in [1.807, 2.05) is 54.9 Å². The molecule has 0 unspecified atom stereocenters. The van der Waals surface area contributed by atoms with Crippen molar-refractivity contribution < 1.29 is 9.18 Å². The minimum absolute atomic E-state index is 0.105. The predicted octanol–water partition coefficient (Wildman–Crippen LogP) is 4.23. The highest BCUT2D eigenvalue weighted by molar-refractivity contribution is 5.93. The van der Waals surface area contributed by atoms with Gasteiger partial charge in [-0.3, -0.25) is 9.69 Å². The Balaban J connectivity index is 1.48. The molecule has 0 bridgehead atoms. The third-order valence-corrected chi connectivity index (χ3v) is 5.30. The van der Waals surface area contributed by atoms with E-state index in [0.717, 1.165) is 35.6 Å². The zero-order valence-corrected chi connectivity index (χ0v) is 16.7. The number of benzene rings is 2. The molecule has 0 radical (unpaired) electrons. The second-order valence-corrected chi connectivity index (χ2v) is 7.57. The van der Waals surface area contributed by atoms with E-state index in [1.165, 1.54) is 6.07 Å². The van der Waals surface area contributed by atoms with Crippen molar-refractivity contribution in [3.05, 3.63) is 77.4 Å². The zero-order chi connectivity index (χ0) is 20.4. The van der Waals surface area contributed by atoms with Gasteiger partial charge >= 0.3 is 0 Å². The molecular weight excluding hydrogens is 367 g/mol. The Hall–Kier alpha value is -2.99. The minimum atomic E-state index is -0.227. The molecule has 6 heteroatoms. The number of para-hydroxylation sites is 1. The molecule has 1 aliphatic carbocycles. The van der Waals surface area contributed by atoms with Crippen LogP contribution < -0.4 is 5.32 Å². The summed E-state index contributed by atoms with van der Waals surface area (Å²) in [6.45, 7) is 4.50. The van der Waals surface area contributed by atoms with Gasteiger partial charge in [0.05, 0.1) is 29.3 Å². The first kappa shape index (κ1) is 19.3. The third kappa shape index (κ3) is 4.38. The summed E-state index contributed by atoms with van der Waals surface area (Å²) in [5, 5.41) is 7.60. The summed E-state index contributed by atoms with van der Waals surface area (Å²) >= 11 is 0. The molecule has 0 saturated heterocycles. The number of aromatic nitrogens is 2. The number of nitrogens with zero attached hydrogens (tertiary/aromatic N) is 3. The standard InChI is InChI=1S/C23H25FN4O/c1-16-23(17(2)28(26-16)20-9-4-3-5-10-20)25-22(29)15-27(19-12-13-19)14-18-8-6-7-11-21(18)24/h3-11,19H,12-15H2,1-2H3,(H,25,29). The third-order valence-electron chi connectivity index (χ3n) is 5.30. The lowest BCUT2D eigenvalue weighted by Gasteiger charge is -2.21. The first-order valence-electron chi connectivity index (χ1n) is 9.92. The fourth-order valence-electron chi connectivity index (χ4n) is 3.61. The Kier molecular flexibility index (Phi) is 5.45. The first-order chi connectivity index (χ1) is 14.0. The zero-order valence-electron chi connectivity index (χ0n) is 16.7. The molecule has 150 valence electrons. The molecule has 1 saturated carbocycles. The van der Waals surface area contributed by atoms with E-state index in [9.17, 15) is 9.18 Å². The van der Waals surface area contributed by atoms with Gasteiger partial charge in [-0.1, -0.05) is 36.4 Å². The maximum Gasteiger partial charge on any atom is 0.238 e. The second-order valence-electron chi connectivity index (χ2n) is 7.57. The molecule has 1 heterocycles. The number of anilines is 1. The van der Waals surface area contributed by atoms with Gasteiger partial charge in [0, 0.05) is 18.2 Å². The number of amides is 1. The fourth-order valence-corrected chi connectivity index (χ4v) is 3.61. The van der Waals surface area contributed by atoms with Crippen LogP contribution in [-0.4, -0.2) is 33.2 Å². The summed E-state index contributed by atoms with van der Waals surface area (Å²) in [6.07, 6.45) is 2.09. The molecule has 4 rings (SSSR count). The van der Waals surface area contributed by atoms with Crippen molar-refractivity contribution in [2.24, 2.45) is 0 Å². The lowest BCUT2D eigenvalue weighted by atomic mass is 10.2. The molecule has 1 fully saturated rings. The maximum absolute atomic E-state index is 14.0. The van der Waals surface area contributed by atoms with Gasteiger partial charge in [0.2, 0.25) is 5.91 Å². The van der Waals surface area contributed by atoms with E-state index >= 15 is 0 Å². The van der Waals surface area contributed by atoms with Crippen LogP contribution in [-0.2, 0) is 11.3 Å². The molecule has 2 aromatic carbocycles. The highest BCUT2D eigenvalue weighted by Gasteiger charge is 2.31. The number of nitrogens with one attached hydrogen (secondary N) is 1. The lowest BCUT2D eigenvalue weighted by Crippen LogP contribution is -2.35. The molecule has 0 aliphatic heterocycles. The van der Waals surface area contributed by atoms with Gasteiger partial charge in [-0.25, -0.2) is 9.07 Å². The maximum atomic E-state index is 14.0. The van der Waals surface area contributed by atoms with Gasteiger partial charge in [-0.15, -0.1) is 0 Å². The number of rotatable bonds is 7. The highest BCUT2D eigenvalue weighted by atomic mass is 19.1. The van der Waals surface area contributed by atoms with Gasteiger partial charge in [0.1, 0.15) is 5.82 Å². The topological polar surface area (TPSA) is 50.2 Å². The number of carbonyl (C=O) groups is 1. The van der Waals surface area contributed by atoms with Crippen LogP contribution in [0.1, 0.15) is 29.8 Å². The van der Waals surface area contributed by atoms with Crippen molar-refractivity contribution in [1.29, 1.82) is 0 Å². The number of aryl methyl sites for hydroxylation is 1. The van der Waals surface area contributed by atoms with Gasteiger partial charge in [-0.05, 0) is 44.9 Å². The van der Waals surface area contributed by atoms with Crippen molar-refractivity contribution in [2.75, 3.05) is 11.9 Å². The summed E-state index contributed by atoms with van der Waals surface area (Å²) < 4.78 is 15.9. The minimum Gasteiger partial charge on any atom is -0.322 e. The largest absolute Gasteiger partial charge is 0.322 e. The second kappa shape index (κ2) is 8.17. The van der Waals surface area contributed by atoms with Crippen LogP contribution in [0.5, 0.6) is 0 Å². The number of halogens is 1. The molecule has 5 nitrogen and oxygen atoms in total. The SMILES string of the molecule is Cc1nn(-c2ccccc2)c(C)c1NC(=O)CN(Cc1ccccc1F)C1CC1. The molecule has 29 heavy (non-hydrogen) atoms. The molecule has 1 N–H and O–H groups in total. The van der Waals surface area contributed by atoms with Crippen molar-refractivity contribution in [3.8, 4) is 5.69 Å². The van der Waals surface area contributed by atoms with Crippen LogP contribution in [0.2, 0.25) is 0 Å². The molecule has 1 amide bonds. The smallest absolute Gasteiger partial charge is 0.238 e. The van der Waals surface area contributed by atoms with E-state index < -0.39 is 0 Å². The molecule has 1 aromatic heterocycles. The monoisotopic (exact) mass is 392 g/mol. The van der Waals surface area contributed by atoms with Crippen LogP contribution in [0.15, 0.2) is 54.6 Å². The normalized spacial score (nSPS) is 13.7. The van der Waals surface area contributed by atoms with Crippen LogP contribution in [0.3, 0.4) is 0 Å². The Morgan fingerprint density at radius 1 is 1.14 bits per heavy atom. The van der Waals surface area contributed by atoms with E-state index in [1.54, 1.807) is 12.1 Å². The van der Waals surface area contributed by atoms with Crippen molar-refractivity contribution in [2.45, 2.75) is 39.3 Å². The Bertz CT molecular complexity index is 1010. The van der Waals surface area contributed by atoms with E-state index in [4.69, 9.17) is 0 Å². The summed E-state index contributed by atoms with van der Waals surface area (Å²) in [5.41, 5.74) is 3.96. The van der Waals surface area contributed by atoms with Gasteiger partial charge < -0.3 is 5.32 Å².